The molecule has 2 aromatic carbocycles. The minimum absolute atomic E-state index is 0.302. The monoisotopic (exact) mass is 311 g/mol. The molecule has 1 atom stereocenters. The molecule has 1 heterocycles. The lowest BCUT2D eigenvalue weighted by atomic mass is 10.0. The molecule has 2 N–H and O–H groups in total. The molecule has 0 radical (unpaired) electrons. The zero-order valence-corrected chi connectivity index (χ0v) is 13.7. The third-order valence-electron chi connectivity index (χ3n) is 4.59. The van der Waals surface area contributed by atoms with Crippen molar-refractivity contribution in [1.82, 2.24) is 4.90 Å². The van der Waals surface area contributed by atoms with Crippen molar-refractivity contribution in [3.63, 3.8) is 0 Å². The molecule has 0 spiro atoms. The molecule has 0 saturated carbocycles. The van der Waals surface area contributed by atoms with Crippen LogP contribution in [0.4, 0.5) is 5.69 Å². The van der Waals surface area contributed by atoms with E-state index < -0.39 is 0 Å². The predicted octanol–water partition coefficient (Wildman–Crippen LogP) is 2.52. The lowest BCUT2D eigenvalue weighted by Crippen LogP contribution is -2.49. The summed E-state index contributed by atoms with van der Waals surface area (Å²) in [6, 6.07) is 19.1. The van der Waals surface area contributed by atoms with Gasteiger partial charge >= 0.3 is 0 Å². The summed E-state index contributed by atoms with van der Waals surface area (Å²) < 4.78 is 5.49. The van der Waals surface area contributed by atoms with Gasteiger partial charge in [-0.05, 0) is 17.7 Å². The Morgan fingerprint density at radius 3 is 2.26 bits per heavy atom. The average Bonchev–Trinajstić information content (AvgIpc) is 2.64. The van der Waals surface area contributed by atoms with Crippen LogP contribution in [-0.4, -0.2) is 44.7 Å². The molecule has 1 saturated heterocycles. The molecular formula is C19H25N3O. The Kier molecular flexibility index (Phi) is 5.16. The van der Waals surface area contributed by atoms with Gasteiger partial charge in [0, 0.05) is 38.8 Å². The highest BCUT2D eigenvalue weighted by atomic mass is 16.5. The van der Waals surface area contributed by atoms with Crippen LogP contribution in [0, 0.1) is 0 Å². The standard InChI is InChI=1S/C19H25N3O/c1-23-19-10-6-5-9-17(19)21-11-13-22(14-12-21)18(15-20)16-7-3-2-4-8-16/h2-10,18H,11-15,20H2,1H3/t18-/m1/s1. The SMILES string of the molecule is COc1ccccc1N1CCN([C@H](CN)c2ccccc2)CC1. The van der Waals surface area contributed by atoms with Crippen LogP contribution < -0.4 is 15.4 Å². The van der Waals surface area contributed by atoms with E-state index in [1.54, 1.807) is 7.11 Å². The van der Waals surface area contributed by atoms with Gasteiger partial charge in [-0.1, -0.05) is 42.5 Å². The number of para-hydroxylation sites is 2. The van der Waals surface area contributed by atoms with E-state index in [0.29, 0.717) is 12.6 Å². The van der Waals surface area contributed by atoms with E-state index in [4.69, 9.17) is 10.5 Å². The smallest absolute Gasteiger partial charge is 0.142 e. The van der Waals surface area contributed by atoms with Gasteiger partial charge in [0.1, 0.15) is 5.75 Å². The largest absolute Gasteiger partial charge is 0.495 e. The molecule has 0 amide bonds. The highest BCUT2D eigenvalue weighted by molar-refractivity contribution is 5.58. The Bertz CT molecular complexity index is 609. The molecule has 0 bridgehead atoms. The number of methoxy groups -OCH3 is 1. The second-order valence-corrected chi connectivity index (χ2v) is 5.86. The van der Waals surface area contributed by atoms with Gasteiger partial charge in [-0.25, -0.2) is 0 Å². The van der Waals surface area contributed by atoms with Crippen molar-refractivity contribution < 1.29 is 4.74 Å². The van der Waals surface area contributed by atoms with Crippen molar-refractivity contribution in [1.29, 1.82) is 0 Å². The van der Waals surface area contributed by atoms with Crippen molar-refractivity contribution in [3.8, 4) is 5.75 Å². The van der Waals surface area contributed by atoms with E-state index >= 15 is 0 Å². The van der Waals surface area contributed by atoms with Gasteiger partial charge in [-0.3, -0.25) is 4.90 Å². The number of nitrogens with zero attached hydrogens (tertiary/aromatic N) is 2. The number of anilines is 1. The number of nitrogens with two attached hydrogens (primary N) is 1. The Hall–Kier alpha value is -2.04. The first kappa shape index (κ1) is 15.8. The van der Waals surface area contributed by atoms with Crippen LogP contribution in [0.15, 0.2) is 54.6 Å². The van der Waals surface area contributed by atoms with Gasteiger partial charge in [-0.15, -0.1) is 0 Å². The second kappa shape index (κ2) is 7.49. The number of hydrogen-bond acceptors (Lipinski definition) is 4. The topological polar surface area (TPSA) is 41.7 Å². The Balaban J connectivity index is 1.68. The van der Waals surface area contributed by atoms with Gasteiger partial charge in [-0.2, -0.15) is 0 Å². The van der Waals surface area contributed by atoms with Gasteiger partial charge in [0.05, 0.1) is 12.8 Å². The van der Waals surface area contributed by atoms with E-state index in [9.17, 15) is 0 Å². The minimum Gasteiger partial charge on any atom is -0.495 e. The van der Waals surface area contributed by atoms with Crippen LogP contribution >= 0.6 is 0 Å². The maximum absolute atomic E-state index is 6.05. The average molecular weight is 311 g/mol. The summed E-state index contributed by atoms with van der Waals surface area (Å²) in [4.78, 5) is 4.88. The molecule has 1 aliphatic rings. The Morgan fingerprint density at radius 2 is 1.61 bits per heavy atom. The van der Waals surface area contributed by atoms with Gasteiger partial charge in [0.15, 0.2) is 0 Å². The fraction of sp³-hybridized carbons (Fsp3) is 0.368. The second-order valence-electron chi connectivity index (χ2n) is 5.86. The molecule has 23 heavy (non-hydrogen) atoms. The quantitative estimate of drug-likeness (QED) is 0.921. The summed E-state index contributed by atoms with van der Waals surface area (Å²) in [6.07, 6.45) is 0. The number of piperazine rings is 1. The van der Waals surface area contributed by atoms with E-state index in [-0.39, 0.29) is 0 Å². The first-order valence-corrected chi connectivity index (χ1v) is 8.20. The lowest BCUT2D eigenvalue weighted by molar-refractivity contribution is 0.190. The molecule has 4 nitrogen and oxygen atoms in total. The summed E-state index contributed by atoms with van der Waals surface area (Å²) in [5.41, 5.74) is 8.54. The maximum atomic E-state index is 6.05. The fourth-order valence-electron chi connectivity index (χ4n) is 3.34. The fourth-order valence-corrected chi connectivity index (χ4v) is 3.34. The molecule has 0 aromatic heterocycles. The van der Waals surface area contributed by atoms with E-state index in [0.717, 1.165) is 31.9 Å². The van der Waals surface area contributed by atoms with Crippen LogP contribution in [0.2, 0.25) is 0 Å². The number of rotatable bonds is 5. The summed E-state index contributed by atoms with van der Waals surface area (Å²) in [7, 11) is 1.73. The van der Waals surface area contributed by atoms with E-state index in [1.165, 1.54) is 11.3 Å². The molecule has 3 rings (SSSR count). The Morgan fingerprint density at radius 1 is 0.957 bits per heavy atom. The van der Waals surface area contributed by atoms with Crippen molar-refractivity contribution in [2.45, 2.75) is 6.04 Å². The molecule has 4 heteroatoms. The molecule has 122 valence electrons. The van der Waals surface area contributed by atoms with Crippen LogP contribution in [0.25, 0.3) is 0 Å². The highest BCUT2D eigenvalue weighted by Crippen LogP contribution is 2.29. The third-order valence-corrected chi connectivity index (χ3v) is 4.59. The molecule has 0 aliphatic carbocycles. The molecule has 2 aromatic rings. The first-order chi connectivity index (χ1) is 11.3. The summed E-state index contributed by atoms with van der Waals surface area (Å²) >= 11 is 0. The normalized spacial score (nSPS) is 17.0. The summed E-state index contributed by atoms with van der Waals surface area (Å²) in [5, 5.41) is 0. The van der Waals surface area contributed by atoms with Crippen LogP contribution in [-0.2, 0) is 0 Å². The highest BCUT2D eigenvalue weighted by Gasteiger charge is 2.25. The number of benzene rings is 2. The van der Waals surface area contributed by atoms with Crippen molar-refractivity contribution >= 4 is 5.69 Å². The zero-order valence-electron chi connectivity index (χ0n) is 13.7. The van der Waals surface area contributed by atoms with E-state index in [1.807, 2.05) is 12.1 Å². The third kappa shape index (κ3) is 3.49. The predicted molar refractivity (Wildman–Crippen MR) is 95.0 cm³/mol. The van der Waals surface area contributed by atoms with Crippen LogP contribution in [0.1, 0.15) is 11.6 Å². The van der Waals surface area contributed by atoms with Gasteiger partial charge in [0.2, 0.25) is 0 Å². The number of hydrogen-bond donors (Lipinski definition) is 1. The van der Waals surface area contributed by atoms with Crippen LogP contribution in [0.3, 0.4) is 0 Å². The van der Waals surface area contributed by atoms with Gasteiger partial charge < -0.3 is 15.4 Å². The molecule has 1 aliphatic heterocycles. The summed E-state index contributed by atoms with van der Waals surface area (Å²) in [5.74, 6) is 0.944. The van der Waals surface area contributed by atoms with Crippen molar-refractivity contribution in [3.05, 3.63) is 60.2 Å². The first-order valence-electron chi connectivity index (χ1n) is 8.20. The molecule has 0 unspecified atom stereocenters. The van der Waals surface area contributed by atoms with Crippen molar-refractivity contribution in [2.75, 3.05) is 44.7 Å². The van der Waals surface area contributed by atoms with Crippen molar-refractivity contribution in [2.24, 2.45) is 5.73 Å². The minimum atomic E-state index is 0.302. The number of ether oxygens (including phenoxy) is 1. The molecule has 1 fully saturated rings. The van der Waals surface area contributed by atoms with E-state index in [2.05, 4.69) is 52.3 Å². The summed E-state index contributed by atoms with van der Waals surface area (Å²) in [6.45, 7) is 4.65. The maximum Gasteiger partial charge on any atom is 0.142 e. The van der Waals surface area contributed by atoms with Gasteiger partial charge in [0.25, 0.3) is 0 Å². The Labute approximate surface area is 138 Å². The molecular weight excluding hydrogens is 286 g/mol. The lowest BCUT2D eigenvalue weighted by Gasteiger charge is -2.40. The zero-order chi connectivity index (χ0) is 16.1. The van der Waals surface area contributed by atoms with Crippen LogP contribution in [0.5, 0.6) is 5.75 Å².